The molecule has 1 aromatic carbocycles. The normalized spacial score (nSPS) is 10.4. The van der Waals surface area contributed by atoms with Crippen molar-refractivity contribution in [2.24, 2.45) is 7.05 Å². The van der Waals surface area contributed by atoms with Crippen molar-refractivity contribution < 1.29 is 19.2 Å². The number of Topliss-reactive ketones (excluding diaryl/α,β-unsaturated/α-hetero) is 1. The molecule has 0 spiro atoms. The maximum atomic E-state index is 12.3. The summed E-state index contributed by atoms with van der Waals surface area (Å²) in [5.74, 6) is 0.163. The Morgan fingerprint density at radius 1 is 1.30 bits per heavy atom. The van der Waals surface area contributed by atoms with Gasteiger partial charge in [-0.25, -0.2) is 0 Å². The van der Waals surface area contributed by atoms with Crippen LogP contribution >= 0.6 is 0 Å². The number of nitrogens with zero attached hydrogens (tertiary/aromatic N) is 2. The molecule has 0 aliphatic rings. The van der Waals surface area contributed by atoms with E-state index in [1.165, 1.54) is 19.2 Å². The van der Waals surface area contributed by atoms with Gasteiger partial charge in [0.15, 0.2) is 12.4 Å². The Balaban J connectivity index is 2.19. The van der Waals surface area contributed by atoms with Crippen LogP contribution in [0.25, 0.3) is 0 Å². The minimum Gasteiger partial charge on any atom is -0.496 e. The molecule has 0 amide bonds. The molecule has 7 nitrogen and oxygen atoms in total. The lowest BCUT2D eigenvalue weighted by atomic mass is 10.1. The van der Waals surface area contributed by atoms with Crippen LogP contribution in [0.4, 0.5) is 5.69 Å². The number of nitro benzene ring substituents is 1. The van der Waals surface area contributed by atoms with Crippen molar-refractivity contribution in [2.75, 3.05) is 13.7 Å². The first-order chi connectivity index (χ1) is 10.8. The highest BCUT2D eigenvalue weighted by Gasteiger charge is 2.19. The molecule has 0 saturated heterocycles. The van der Waals surface area contributed by atoms with Crippen molar-refractivity contribution in [1.82, 2.24) is 4.57 Å². The van der Waals surface area contributed by atoms with E-state index in [4.69, 9.17) is 9.47 Å². The minimum absolute atomic E-state index is 0.0365. The van der Waals surface area contributed by atoms with Crippen LogP contribution in [0.3, 0.4) is 0 Å². The Morgan fingerprint density at radius 3 is 2.52 bits per heavy atom. The van der Waals surface area contributed by atoms with E-state index in [-0.39, 0.29) is 23.8 Å². The van der Waals surface area contributed by atoms with Crippen LogP contribution in [0.1, 0.15) is 21.7 Å². The van der Waals surface area contributed by atoms with Crippen molar-refractivity contribution in [3.63, 3.8) is 0 Å². The van der Waals surface area contributed by atoms with E-state index in [2.05, 4.69) is 0 Å². The van der Waals surface area contributed by atoms with E-state index >= 15 is 0 Å². The maximum Gasteiger partial charge on any atom is 0.314 e. The van der Waals surface area contributed by atoms with Crippen molar-refractivity contribution >= 4 is 11.5 Å². The van der Waals surface area contributed by atoms with E-state index < -0.39 is 4.92 Å². The average Bonchev–Trinajstić information content (AvgIpc) is 2.79. The zero-order valence-electron chi connectivity index (χ0n) is 13.5. The number of carbonyl (C=O) groups excluding carboxylic acids is 1. The van der Waals surface area contributed by atoms with E-state index in [0.29, 0.717) is 11.3 Å². The Bertz CT molecular complexity index is 764. The number of ether oxygens (including phenoxy) is 2. The van der Waals surface area contributed by atoms with Gasteiger partial charge in [-0.3, -0.25) is 14.9 Å². The zero-order valence-corrected chi connectivity index (χ0v) is 13.5. The molecule has 0 saturated carbocycles. The molecule has 2 rings (SSSR count). The number of methoxy groups -OCH3 is 1. The van der Waals surface area contributed by atoms with Gasteiger partial charge >= 0.3 is 5.69 Å². The summed E-state index contributed by atoms with van der Waals surface area (Å²) in [4.78, 5) is 22.8. The van der Waals surface area contributed by atoms with Crippen LogP contribution in [0.15, 0.2) is 24.3 Å². The second-order valence-corrected chi connectivity index (χ2v) is 5.15. The molecule has 0 N–H and O–H groups in total. The minimum atomic E-state index is -0.569. The number of carbonyl (C=O) groups is 1. The topological polar surface area (TPSA) is 83.6 Å². The smallest absolute Gasteiger partial charge is 0.314 e. The lowest BCUT2D eigenvalue weighted by Crippen LogP contribution is -2.13. The first kappa shape index (κ1) is 16.5. The molecule has 0 unspecified atom stereocenters. The van der Waals surface area contributed by atoms with Gasteiger partial charge in [0.25, 0.3) is 0 Å². The lowest BCUT2D eigenvalue weighted by molar-refractivity contribution is -0.385. The van der Waals surface area contributed by atoms with Crippen molar-refractivity contribution in [3.8, 4) is 11.5 Å². The van der Waals surface area contributed by atoms with E-state index in [1.54, 1.807) is 12.1 Å². The van der Waals surface area contributed by atoms with Gasteiger partial charge in [0.05, 0.1) is 18.1 Å². The fraction of sp³-hybridized carbons (Fsp3) is 0.312. The Kier molecular flexibility index (Phi) is 4.68. The molecule has 0 atom stereocenters. The Morgan fingerprint density at radius 2 is 2.00 bits per heavy atom. The largest absolute Gasteiger partial charge is 0.496 e. The molecule has 0 radical (unpaired) electrons. The second-order valence-electron chi connectivity index (χ2n) is 5.15. The summed E-state index contributed by atoms with van der Waals surface area (Å²) < 4.78 is 12.2. The maximum absolute atomic E-state index is 12.3. The summed E-state index contributed by atoms with van der Waals surface area (Å²) in [5.41, 5.74) is 2.11. The van der Waals surface area contributed by atoms with E-state index in [1.807, 2.05) is 25.5 Å². The molecular formula is C16H18N2O5. The first-order valence-electron chi connectivity index (χ1n) is 6.96. The molecular weight excluding hydrogens is 300 g/mol. The molecule has 0 fully saturated rings. The zero-order chi connectivity index (χ0) is 17.1. The summed E-state index contributed by atoms with van der Waals surface area (Å²) in [6.07, 6.45) is 0. The third kappa shape index (κ3) is 3.33. The van der Waals surface area contributed by atoms with Gasteiger partial charge < -0.3 is 14.0 Å². The van der Waals surface area contributed by atoms with Crippen LogP contribution in [0.2, 0.25) is 0 Å². The van der Waals surface area contributed by atoms with Crippen LogP contribution in [-0.4, -0.2) is 29.0 Å². The quantitative estimate of drug-likeness (QED) is 0.464. The number of hydrogen-bond donors (Lipinski definition) is 0. The van der Waals surface area contributed by atoms with Gasteiger partial charge in [0.1, 0.15) is 5.75 Å². The fourth-order valence-corrected chi connectivity index (χ4v) is 2.25. The molecule has 122 valence electrons. The summed E-state index contributed by atoms with van der Waals surface area (Å²) >= 11 is 0. The van der Waals surface area contributed by atoms with Crippen LogP contribution in [0, 0.1) is 24.0 Å². The van der Waals surface area contributed by atoms with Gasteiger partial charge in [-0.2, -0.15) is 0 Å². The molecule has 23 heavy (non-hydrogen) atoms. The molecule has 2 aromatic rings. The van der Waals surface area contributed by atoms with Crippen LogP contribution in [0.5, 0.6) is 11.5 Å². The van der Waals surface area contributed by atoms with Crippen LogP contribution in [-0.2, 0) is 7.05 Å². The van der Waals surface area contributed by atoms with Crippen molar-refractivity contribution in [2.45, 2.75) is 13.8 Å². The first-order valence-corrected chi connectivity index (χ1v) is 6.96. The molecule has 0 aliphatic heterocycles. The van der Waals surface area contributed by atoms with Crippen molar-refractivity contribution in [1.29, 1.82) is 0 Å². The number of rotatable bonds is 6. The van der Waals surface area contributed by atoms with Gasteiger partial charge in [-0.05, 0) is 32.0 Å². The number of nitro groups is 1. The number of ketones is 1. The molecule has 1 heterocycles. The number of benzene rings is 1. The molecule has 0 bridgehead atoms. The highest BCUT2D eigenvalue weighted by atomic mass is 16.6. The third-order valence-electron chi connectivity index (χ3n) is 3.80. The highest BCUT2D eigenvalue weighted by molar-refractivity contribution is 5.98. The summed E-state index contributed by atoms with van der Waals surface area (Å²) in [6, 6.07) is 6.01. The van der Waals surface area contributed by atoms with Gasteiger partial charge in [-0.15, -0.1) is 0 Å². The van der Waals surface area contributed by atoms with Crippen LogP contribution < -0.4 is 9.47 Å². The summed E-state index contributed by atoms with van der Waals surface area (Å²) in [6.45, 7) is 3.48. The predicted molar refractivity (Wildman–Crippen MR) is 84.4 cm³/mol. The van der Waals surface area contributed by atoms with Crippen molar-refractivity contribution in [3.05, 3.63) is 51.3 Å². The number of aromatic nitrogens is 1. The lowest BCUT2D eigenvalue weighted by Gasteiger charge is -2.08. The summed E-state index contributed by atoms with van der Waals surface area (Å²) in [5, 5.41) is 11.1. The SMILES string of the molecule is COc1ccc(OCC(=O)c2cc(C)n(C)c2C)c([N+](=O)[O-])c1. The second kappa shape index (κ2) is 6.51. The average molecular weight is 318 g/mol. The standard InChI is InChI=1S/C16H18N2O5/c1-10-7-13(11(2)17(10)3)15(19)9-23-16-6-5-12(22-4)8-14(16)18(20)21/h5-8H,9H2,1-4H3. The predicted octanol–water partition coefficient (Wildman–Crippen LogP) is 2.82. The third-order valence-corrected chi connectivity index (χ3v) is 3.80. The molecule has 7 heteroatoms. The highest BCUT2D eigenvalue weighted by Crippen LogP contribution is 2.31. The Hall–Kier alpha value is -2.83. The Labute approximate surface area is 133 Å². The number of aryl methyl sites for hydroxylation is 1. The fourth-order valence-electron chi connectivity index (χ4n) is 2.25. The monoisotopic (exact) mass is 318 g/mol. The van der Waals surface area contributed by atoms with E-state index in [9.17, 15) is 14.9 Å². The number of hydrogen-bond acceptors (Lipinski definition) is 5. The molecule has 1 aromatic heterocycles. The van der Waals surface area contributed by atoms with E-state index in [0.717, 1.165) is 11.4 Å². The van der Waals surface area contributed by atoms with Gasteiger partial charge in [0.2, 0.25) is 5.78 Å². The van der Waals surface area contributed by atoms with Gasteiger partial charge in [-0.1, -0.05) is 0 Å². The van der Waals surface area contributed by atoms with Gasteiger partial charge in [0, 0.05) is 24.0 Å². The summed E-state index contributed by atoms with van der Waals surface area (Å²) in [7, 11) is 3.29. The molecule has 0 aliphatic carbocycles.